The lowest BCUT2D eigenvalue weighted by Gasteiger charge is -2.17. The molecule has 0 atom stereocenters. The quantitative estimate of drug-likeness (QED) is 0.0180. The highest BCUT2D eigenvalue weighted by molar-refractivity contribution is 5.87. The fraction of sp³-hybridized carbons (Fsp3) is 0.738. The molecule has 0 aromatic rings. The number of unbranched alkanes of at least 4 members (excludes halogenated alkanes) is 1. The molecule has 0 heterocycles. The number of carbonyl (C=O) groups is 5. The van der Waals surface area contributed by atoms with Crippen LogP contribution in [-0.4, -0.2) is 338 Å². The average Bonchev–Trinajstić information content (AvgIpc) is 1.13. The number of hydrogen-bond donors (Lipinski definition) is 0. The number of nitriles is 6. The Balaban J connectivity index is -0.000000106. The van der Waals surface area contributed by atoms with Crippen LogP contribution in [0.4, 0.5) is 0 Å². The van der Waals surface area contributed by atoms with Crippen molar-refractivity contribution in [2.24, 2.45) is 0 Å². The lowest BCUT2D eigenvalue weighted by molar-refractivity contribution is -0.140. The molecule has 620 valence electrons. The van der Waals surface area contributed by atoms with Gasteiger partial charge < -0.3 is 62.9 Å². The van der Waals surface area contributed by atoms with Crippen molar-refractivity contribution in [2.75, 3.05) is 254 Å². The zero-order valence-electron chi connectivity index (χ0n) is 72.2. The SMILES string of the molecule is C=C(C)C(=O)OCCN(C)C.C=C(C)C(=O)OCCN(CC)CC.C=CC(=O)OCCCN(C)C.C=CC(=O)OCCN(C)C.C=CC(=O)OCCN(CC)CC.CCCN(CC#N)CCC.CCN(CC)CC#N.CCN(CC)CCC#N.CCN(CC)CCCC#N.CN(C)CC#N.CN(C)CCC#N. The van der Waals surface area contributed by atoms with Crippen LogP contribution in [0.5, 0.6) is 0 Å². The molecule has 0 amide bonds. The van der Waals surface area contributed by atoms with Gasteiger partial charge in [-0.15, -0.1) is 0 Å². The average molecular weight is 1520 g/mol. The number of likely N-dealkylation sites (N-methyl/N-ethyl adjacent to an activating group) is 4. The summed E-state index contributed by atoms with van der Waals surface area (Å²) in [4.78, 5) is 76.2. The molecule has 107 heavy (non-hydrogen) atoms. The minimum atomic E-state index is -0.359. The van der Waals surface area contributed by atoms with Gasteiger partial charge in [0.25, 0.3) is 0 Å². The van der Waals surface area contributed by atoms with Gasteiger partial charge in [0, 0.05) is 94.5 Å². The predicted molar refractivity (Wildman–Crippen MR) is 441 cm³/mol. The van der Waals surface area contributed by atoms with E-state index in [0.29, 0.717) is 83.1 Å². The number of rotatable bonds is 45. The maximum atomic E-state index is 11.0. The molecular formula is C80H155N17O10. The summed E-state index contributed by atoms with van der Waals surface area (Å²) in [6.07, 6.45) is 9.66. The number of ether oxygens (including phenoxy) is 5. The molecule has 0 rings (SSSR count). The van der Waals surface area contributed by atoms with Crippen LogP contribution in [0.2, 0.25) is 0 Å². The van der Waals surface area contributed by atoms with Crippen LogP contribution in [0.15, 0.2) is 62.3 Å². The van der Waals surface area contributed by atoms with Crippen LogP contribution in [0.3, 0.4) is 0 Å². The largest absolute Gasteiger partial charge is 0.462 e. The van der Waals surface area contributed by atoms with Crippen LogP contribution in [0.25, 0.3) is 0 Å². The molecule has 0 unspecified atom stereocenters. The molecule has 0 aliphatic heterocycles. The summed E-state index contributed by atoms with van der Waals surface area (Å²) in [5.74, 6) is -1.66. The van der Waals surface area contributed by atoms with Crippen LogP contribution in [0.1, 0.15) is 142 Å². The standard InChI is InChI=1S/C10H19NO2.C9H17NO2.2C8H16N2.2C8H15NO2.C7H14N2.C7H13NO2.C6H12N2.C5H10N2.C4H8N2/c1-5-11(6-2)7-8-13-10(12)9(3)4;1-4-9(11)12-8-7-10(5-2)6-3;1-3-10(4-2)8-6-5-7-9;1-3-6-10(7-4-2)8-5-9;1-7(2)8(10)11-6-5-9(3)4;1-4-8(10)11-7-5-6-9(2)3;1-3-9(4-2)7-5-6-8;1-4-7(9)10-6-5-8(2)3;1-3-8(4-2)6-5-7;1-7(2)5-3-4-6;1-6(2)4-3-5/h3,5-8H2,1-2,4H3;4H,1,5-8H2,2-3H3;3-6,8H2,1-2H3;3-4,6-8H2,1-2H3;1,5-6H2,2-4H3;4H,1,5-7H2,2-3H3;3-5,7H2,1-2H3;4H,1,5-6H2,2-3H3;3-4,6H2,1-2H3;3,5H2,1-2H3;4H2,1-2H3. The van der Waals surface area contributed by atoms with E-state index in [9.17, 15) is 24.0 Å². The van der Waals surface area contributed by atoms with Gasteiger partial charge in [-0.05, 0) is 195 Å². The predicted octanol–water partition coefficient (Wildman–Crippen LogP) is 10.0. The summed E-state index contributed by atoms with van der Waals surface area (Å²) in [5.41, 5.74) is 0.906. The van der Waals surface area contributed by atoms with E-state index in [1.807, 2.05) is 101 Å². The molecule has 0 spiro atoms. The van der Waals surface area contributed by atoms with Gasteiger partial charge in [0.15, 0.2) is 0 Å². The van der Waals surface area contributed by atoms with Gasteiger partial charge in [-0.1, -0.05) is 116 Å². The van der Waals surface area contributed by atoms with Gasteiger partial charge in [-0.25, -0.2) is 24.0 Å². The molecule has 0 bridgehead atoms. The Morgan fingerprint density at radius 2 is 0.579 bits per heavy atom. The first-order valence-electron chi connectivity index (χ1n) is 37.5. The van der Waals surface area contributed by atoms with E-state index >= 15 is 0 Å². The molecule has 0 aliphatic carbocycles. The van der Waals surface area contributed by atoms with Gasteiger partial charge in [-0.2, -0.15) is 31.6 Å². The first-order chi connectivity index (χ1) is 50.6. The second kappa shape index (κ2) is 103. The summed E-state index contributed by atoms with van der Waals surface area (Å²) >= 11 is 0. The second-order valence-electron chi connectivity index (χ2n) is 24.1. The van der Waals surface area contributed by atoms with Crippen molar-refractivity contribution in [2.45, 2.75) is 142 Å². The fourth-order valence-corrected chi connectivity index (χ4v) is 6.88. The van der Waals surface area contributed by atoms with Crippen LogP contribution >= 0.6 is 0 Å². The fourth-order valence-electron chi connectivity index (χ4n) is 6.88. The molecule has 0 N–H and O–H groups in total. The zero-order chi connectivity index (χ0) is 85.0. The smallest absolute Gasteiger partial charge is 0.333 e. The van der Waals surface area contributed by atoms with E-state index in [2.05, 4.69) is 176 Å². The topological polar surface area (TPSA) is 310 Å². The Bertz CT molecular complexity index is 2330. The summed E-state index contributed by atoms with van der Waals surface area (Å²) in [7, 11) is 19.3. The van der Waals surface area contributed by atoms with E-state index < -0.39 is 0 Å². The van der Waals surface area contributed by atoms with E-state index in [-0.39, 0.29) is 29.8 Å². The molecule has 0 saturated carbocycles. The second-order valence-corrected chi connectivity index (χ2v) is 24.1. The molecular weight excluding hydrogens is 1360 g/mol. The molecule has 0 radical (unpaired) electrons. The van der Waals surface area contributed by atoms with Crippen molar-refractivity contribution in [1.29, 1.82) is 31.6 Å². The highest BCUT2D eigenvalue weighted by atomic mass is 16.5. The molecule has 0 aliphatic rings. The van der Waals surface area contributed by atoms with Gasteiger partial charge in [0.2, 0.25) is 0 Å². The van der Waals surface area contributed by atoms with Crippen molar-refractivity contribution in [3.05, 3.63) is 62.3 Å². The minimum absolute atomic E-state index is 0.299. The Kier molecular flexibility index (Phi) is 118. The van der Waals surface area contributed by atoms with Gasteiger partial charge in [0.05, 0.1) is 62.7 Å². The Labute approximate surface area is 654 Å². The van der Waals surface area contributed by atoms with Gasteiger partial charge in [-0.3, -0.25) is 14.7 Å². The van der Waals surface area contributed by atoms with Crippen molar-refractivity contribution in [3.63, 3.8) is 0 Å². The number of nitrogens with zero attached hydrogens (tertiary/aromatic N) is 17. The zero-order valence-corrected chi connectivity index (χ0v) is 72.2. The first-order valence-corrected chi connectivity index (χ1v) is 37.5. The summed E-state index contributed by atoms with van der Waals surface area (Å²) < 4.78 is 24.1. The maximum absolute atomic E-state index is 11.0. The highest BCUT2D eigenvalue weighted by Gasteiger charge is 2.06. The minimum Gasteiger partial charge on any atom is -0.462 e. The monoisotopic (exact) mass is 1510 g/mol. The van der Waals surface area contributed by atoms with Gasteiger partial charge >= 0.3 is 29.8 Å². The lowest BCUT2D eigenvalue weighted by Crippen LogP contribution is -2.27. The molecule has 0 fully saturated rings. The summed E-state index contributed by atoms with van der Waals surface area (Å²) in [5, 5.41) is 49.1. The van der Waals surface area contributed by atoms with Crippen LogP contribution in [0, 0.1) is 68.0 Å². The number of carbonyl (C=O) groups excluding carboxylic acids is 5. The Morgan fingerprint density at radius 3 is 0.832 bits per heavy atom. The van der Waals surface area contributed by atoms with E-state index in [1.54, 1.807) is 13.8 Å². The third kappa shape index (κ3) is 126. The molecule has 0 saturated heterocycles. The van der Waals surface area contributed by atoms with E-state index in [0.717, 1.165) is 163 Å². The molecule has 0 aromatic heterocycles. The van der Waals surface area contributed by atoms with E-state index in [4.69, 9.17) is 55.3 Å². The van der Waals surface area contributed by atoms with Crippen molar-refractivity contribution >= 4 is 29.8 Å². The highest BCUT2D eigenvalue weighted by Crippen LogP contribution is 1.97. The summed E-state index contributed by atoms with van der Waals surface area (Å²) in [6, 6.07) is 12.6. The molecule has 27 heteroatoms. The Hall–Kier alpha value is -7.45. The number of esters is 5. The van der Waals surface area contributed by atoms with Crippen molar-refractivity contribution in [3.8, 4) is 36.4 Å². The lowest BCUT2D eigenvalue weighted by atomic mass is 10.3. The summed E-state index contributed by atoms with van der Waals surface area (Å²) in [6.45, 7) is 68.5. The van der Waals surface area contributed by atoms with Crippen LogP contribution < -0.4 is 0 Å². The van der Waals surface area contributed by atoms with Gasteiger partial charge in [0.1, 0.15) is 26.4 Å². The Morgan fingerprint density at radius 1 is 0.299 bits per heavy atom. The third-order valence-electron chi connectivity index (χ3n) is 13.5. The molecule has 0 aromatic carbocycles. The molecule has 27 nitrogen and oxygen atoms in total. The van der Waals surface area contributed by atoms with Crippen LogP contribution in [-0.2, 0) is 47.7 Å². The van der Waals surface area contributed by atoms with Crippen molar-refractivity contribution < 1.29 is 47.7 Å². The number of hydrogen-bond acceptors (Lipinski definition) is 27. The normalized spacial score (nSPS) is 9.62. The third-order valence-corrected chi connectivity index (χ3v) is 13.5. The van der Waals surface area contributed by atoms with Crippen molar-refractivity contribution in [1.82, 2.24) is 53.9 Å². The first kappa shape index (κ1) is 123. The van der Waals surface area contributed by atoms with E-state index in [1.165, 1.54) is 12.2 Å². The maximum Gasteiger partial charge on any atom is 0.333 e.